The largest absolute Gasteiger partial charge is 0.390 e. The van der Waals surface area contributed by atoms with Crippen molar-refractivity contribution in [2.24, 2.45) is 9.50 Å². The highest BCUT2D eigenvalue weighted by molar-refractivity contribution is 7.93. The van der Waals surface area contributed by atoms with Gasteiger partial charge in [-0.15, -0.1) is 15.7 Å². The third-order valence-electron chi connectivity index (χ3n) is 1.85. The zero-order valence-electron chi connectivity index (χ0n) is 9.84. The molecule has 0 aliphatic rings. The number of rotatable bonds is 3. The lowest BCUT2D eigenvalue weighted by molar-refractivity contribution is -0.115. The summed E-state index contributed by atoms with van der Waals surface area (Å²) >= 11 is 1.12. The summed E-state index contributed by atoms with van der Waals surface area (Å²) in [6.45, 7) is 4.64. The van der Waals surface area contributed by atoms with Crippen LogP contribution in [-0.2, 0) is 21.3 Å². The van der Waals surface area contributed by atoms with Crippen LogP contribution in [0.3, 0.4) is 0 Å². The van der Waals surface area contributed by atoms with Crippen molar-refractivity contribution < 1.29 is 14.1 Å². The van der Waals surface area contributed by atoms with Crippen LogP contribution in [-0.4, -0.2) is 20.2 Å². The fourth-order valence-electron chi connectivity index (χ4n) is 1.16. The van der Waals surface area contributed by atoms with Gasteiger partial charge in [-0.1, -0.05) is 13.8 Å². The quantitative estimate of drug-likeness (QED) is 0.859. The van der Waals surface area contributed by atoms with Crippen LogP contribution in [0.15, 0.2) is 8.57 Å². The van der Waals surface area contributed by atoms with Crippen molar-refractivity contribution in [1.82, 2.24) is 4.98 Å². The van der Waals surface area contributed by atoms with Gasteiger partial charge in [0.15, 0.2) is 9.92 Å². The first-order chi connectivity index (χ1) is 7.77. The fourth-order valence-corrected chi connectivity index (χ4v) is 3.73. The molecular formula is C9H15N3O3S2. The molecule has 3 N–H and O–H groups in total. The van der Waals surface area contributed by atoms with E-state index >= 15 is 0 Å². The average molecular weight is 277 g/mol. The molecule has 0 aromatic carbocycles. The second kappa shape index (κ2) is 5.21. The number of amides is 1. The standard InChI is InChI=1S/C9H15N3O3S2/c1-5(2)8-11-7(4-13)9(16-8)17(10,15)12-6(3)14/h5,13H,4H2,1-3H3,(H2,10,12,14,15). The van der Waals surface area contributed by atoms with E-state index in [1.807, 2.05) is 13.8 Å². The highest BCUT2D eigenvalue weighted by Gasteiger charge is 2.20. The number of carbonyl (C=O) groups is 1. The summed E-state index contributed by atoms with van der Waals surface area (Å²) in [7, 11) is -3.29. The van der Waals surface area contributed by atoms with E-state index in [-0.39, 0.29) is 22.4 Å². The molecule has 1 heterocycles. The Kier molecular flexibility index (Phi) is 4.36. The van der Waals surface area contributed by atoms with Gasteiger partial charge in [-0.05, 0) is 0 Å². The van der Waals surface area contributed by atoms with Gasteiger partial charge in [-0.3, -0.25) is 4.79 Å². The Morgan fingerprint density at radius 2 is 2.24 bits per heavy atom. The number of hydrogen-bond donors (Lipinski definition) is 2. The van der Waals surface area contributed by atoms with Gasteiger partial charge in [-0.25, -0.2) is 14.3 Å². The van der Waals surface area contributed by atoms with E-state index in [2.05, 4.69) is 9.35 Å². The van der Waals surface area contributed by atoms with Crippen LogP contribution in [0.4, 0.5) is 0 Å². The van der Waals surface area contributed by atoms with Gasteiger partial charge in [0.1, 0.15) is 4.21 Å². The molecule has 1 unspecified atom stereocenters. The summed E-state index contributed by atoms with van der Waals surface area (Å²) in [5, 5.41) is 15.4. The van der Waals surface area contributed by atoms with Crippen molar-refractivity contribution in [3.63, 3.8) is 0 Å². The normalized spacial score (nSPS) is 14.7. The number of aromatic nitrogens is 1. The van der Waals surface area contributed by atoms with Crippen LogP contribution < -0.4 is 5.14 Å². The lowest BCUT2D eigenvalue weighted by atomic mass is 10.2. The van der Waals surface area contributed by atoms with Crippen molar-refractivity contribution in [3.05, 3.63) is 10.7 Å². The first-order valence-electron chi connectivity index (χ1n) is 4.94. The van der Waals surface area contributed by atoms with E-state index in [9.17, 15) is 9.00 Å². The maximum Gasteiger partial charge on any atom is 0.251 e. The van der Waals surface area contributed by atoms with Crippen LogP contribution >= 0.6 is 11.3 Å². The molecule has 6 nitrogen and oxygen atoms in total. The van der Waals surface area contributed by atoms with Crippen LogP contribution in [0, 0.1) is 0 Å². The Morgan fingerprint density at radius 1 is 1.65 bits per heavy atom. The Hall–Kier alpha value is -0.830. The minimum Gasteiger partial charge on any atom is -0.390 e. The molecule has 1 aromatic heterocycles. The molecule has 96 valence electrons. The van der Waals surface area contributed by atoms with Crippen molar-refractivity contribution in [2.75, 3.05) is 0 Å². The molecule has 0 radical (unpaired) electrons. The van der Waals surface area contributed by atoms with Gasteiger partial charge in [0, 0.05) is 12.8 Å². The fraction of sp³-hybridized carbons (Fsp3) is 0.556. The van der Waals surface area contributed by atoms with Crippen molar-refractivity contribution >= 4 is 27.2 Å². The Balaban J connectivity index is 3.40. The Labute approximate surface area is 104 Å². The van der Waals surface area contributed by atoms with Gasteiger partial charge >= 0.3 is 0 Å². The SMILES string of the molecule is CC(=O)N=S(N)(=O)c1sc(C(C)C)nc1CO. The van der Waals surface area contributed by atoms with E-state index < -0.39 is 15.8 Å². The second-order valence-corrected chi connectivity index (χ2v) is 6.80. The van der Waals surface area contributed by atoms with E-state index in [0.717, 1.165) is 11.3 Å². The molecule has 0 saturated carbocycles. The molecule has 1 rings (SSSR count). The van der Waals surface area contributed by atoms with E-state index in [4.69, 9.17) is 10.2 Å². The van der Waals surface area contributed by atoms with Crippen LogP contribution in [0.2, 0.25) is 0 Å². The number of aliphatic hydroxyl groups excluding tert-OH is 1. The monoisotopic (exact) mass is 277 g/mol. The van der Waals surface area contributed by atoms with Crippen LogP contribution in [0.1, 0.15) is 37.4 Å². The van der Waals surface area contributed by atoms with E-state index in [0.29, 0.717) is 5.01 Å². The average Bonchev–Trinajstić information content (AvgIpc) is 2.59. The molecule has 0 bridgehead atoms. The molecule has 1 atom stereocenters. The van der Waals surface area contributed by atoms with Crippen molar-refractivity contribution in [3.8, 4) is 0 Å². The second-order valence-electron chi connectivity index (χ2n) is 3.78. The van der Waals surface area contributed by atoms with Gasteiger partial charge in [0.2, 0.25) is 0 Å². The molecule has 17 heavy (non-hydrogen) atoms. The van der Waals surface area contributed by atoms with Crippen molar-refractivity contribution in [2.45, 2.75) is 37.5 Å². The zero-order valence-corrected chi connectivity index (χ0v) is 11.5. The molecule has 0 aliphatic heterocycles. The smallest absolute Gasteiger partial charge is 0.251 e. The number of nitrogens with two attached hydrogens (primary N) is 1. The number of thiazole rings is 1. The molecule has 0 spiro atoms. The number of hydrogen-bond acceptors (Lipinski definition) is 5. The summed E-state index contributed by atoms with van der Waals surface area (Å²) in [6.07, 6.45) is 0. The molecule has 0 aliphatic carbocycles. The maximum absolute atomic E-state index is 12.1. The van der Waals surface area contributed by atoms with Crippen molar-refractivity contribution in [1.29, 1.82) is 0 Å². The minimum atomic E-state index is -3.29. The summed E-state index contributed by atoms with van der Waals surface area (Å²) in [5.74, 6) is -0.479. The number of aliphatic hydroxyl groups is 1. The van der Waals surface area contributed by atoms with E-state index in [1.165, 1.54) is 6.92 Å². The summed E-state index contributed by atoms with van der Waals surface area (Å²) in [5.41, 5.74) is 0.233. The predicted octanol–water partition coefficient (Wildman–Crippen LogP) is 1.01. The third-order valence-corrected chi connectivity index (χ3v) is 5.31. The number of nitrogens with zero attached hydrogens (tertiary/aromatic N) is 2. The lowest BCUT2D eigenvalue weighted by Gasteiger charge is -2.00. The summed E-state index contributed by atoms with van der Waals surface area (Å²) in [4.78, 5) is 15.0. The van der Waals surface area contributed by atoms with Gasteiger partial charge < -0.3 is 5.11 Å². The van der Waals surface area contributed by atoms with Gasteiger partial charge in [0.25, 0.3) is 5.91 Å². The Bertz CT molecular complexity index is 542. The van der Waals surface area contributed by atoms with Crippen LogP contribution in [0.25, 0.3) is 0 Å². The number of carbonyl (C=O) groups excluding carboxylic acids is 1. The highest BCUT2D eigenvalue weighted by Crippen LogP contribution is 2.28. The molecule has 8 heteroatoms. The van der Waals surface area contributed by atoms with E-state index in [1.54, 1.807) is 0 Å². The first-order valence-corrected chi connectivity index (χ1v) is 7.33. The molecule has 1 aromatic rings. The predicted molar refractivity (Wildman–Crippen MR) is 65.8 cm³/mol. The molecular weight excluding hydrogens is 262 g/mol. The summed E-state index contributed by atoms with van der Waals surface area (Å²) < 4.78 is 15.6. The highest BCUT2D eigenvalue weighted by atomic mass is 32.2. The molecule has 0 saturated heterocycles. The maximum atomic E-state index is 12.1. The van der Waals surface area contributed by atoms with Gasteiger partial charge in [0.05, 0.1) is 17.3 Å². The first kappa shape index (κ1) is 14.2. The lowest BCUT2D eigenvalue weighted by Crippen LogP contribution is -2.14. The molecule has 1 amide bonds. The Morgan fingerprint density at radius 3 is 2.65 bits per heavy atom. The summed E-state index contributed by atoms with van der Waals surface area (Å²) in [6, 6.07) is 0. The third kappa shape index (κ3) is 3.32. The minimum absolute atomic E-state index is 0.131. The topological polar surface area (TPSA) is 106 Å². The molecule has 0 fully saturated rings. The zero-order chi connectivity index (χ0) is 13.2. The van der Waals surface area contributed by atoms with Gasteiger partial charge in [-0.2, -0.15) is 0 Å². The van der Waals surface area contributed by atoms with Crippen LogP contribution in [0.5, 0.6) is 0 Å².